The third-order valence-corrected chi connectivity index (χ3v) is 4.44. The lowest BCUT2D eigenvalue weighted by molar-refractivity contribution is -0.384. The van der Waals surface area contributed by atoms with Crippen LogP contribution in [0.1, 0.15) is 16.7 Å². The van der Waals surface area contributed by atoms with Crippen molar-refractivity contribution in [1.82, 2.24) is 15.2 Å². The predicted molar refractivity (Wildman–Crippen MR) is 101 cm³/mol. The number of nitro groups is 1. The van der Waals surface area contributed by atoms with Crippen LogP contribution in [0.2, 0.25) is 0 Å². The number of aryl methyl sites for hydroxylation is 1. The van der Waals surface area contributed by atoms with Crippen LogP contribution in [0.4, 0.5) is 11.6 Å². The summed E-state index contributed by atoms with van der Waals surface area (Å²) in [6.07, 6.45) is 1.48. The molecule has 2 N–H and O–H groups in total. The van der Waals surface area contributed by atoms with Crippen LogP contribution < -0.4 is 5.43 Å². The van der Waals surface area contributed by atoms with Crippen LogP contribution in [0.25, 0.3) is 0 Å². The second-order valence-electron chi connectivity index (χ2n) is 5.40. The summed E-state index contributed by atoms with van der Waals surface area (Å²) in [5.74, 6) is 1.18. The van der Waals surface area contributed by atoms with E-state index >= 15 is 0 Å². The minimum absolute atomic E-state index is 0.0171. The number of anilines is 1. The molecule has 0 bridgehead atoms. The molecule has 26 heavy (non-hydrogen) atoms. The summed E-state index contributed by atoms with van der Waals surface area (Å²) in [4.78, 5) is 14.6. The number of nitrogens with zero attached hydrogens (tertiary/aromatic N) is 4. The number of hydrazone groups is 1. The minimum Gasteiger partial charge on any atom is -0.258 e. The number of hydrogen-bond donors (Lipinski definition) is 2. The number of rotatable bonds is 7. The lowest BCUT2D eigenvalue weighted by atomic mass is 10.1. The lowest BCUT2D eigenvalue weighted by Crippen LogP contribution is -1.94. The first-order valence-electron chi connectivity index (χ1n) is 7.75. The van der Waals surface area contributed by atoms with Crippen molar-refractivity contribution in [1.29, 1.82) is 0 Å². The van der Waals surface area contributed by atoms with Crippen LogP contribution >= 0.6 is 11.8 Å². The van der Waals surface area contributed by atoms with Crippen LogP contribution in [-0.2, 0) is 5.75 Å². The van der Waals surface area contributed by atoms with Crippen LogP contribution in [-0.4, -0.2) is 26.3 Å². The molecule has 0 aliphatic heterocycles. The van der Waals surface area contributed by atoms with Crippen molar-refractivity contribution in [2.75, 3.05) is 5.43 Å². The maximum absolute atomic E-state index is 10.8. The average molecular weight is 368 g/mol. The van der Waals surface area contributed by atoms with Gasteiger partial charge in [0.25, 0.3) is 5.69 Å². The Hall–Kier alpha value is -3.20. The van der Waals surface area contributed by atoms with Gasteiger partial charge < -0.3 is 0 Å². The summed E-state index contributed by atoms with van der Waals surface area (Å²) in [5.41, 5.74) is 5.83. The fraction of sp³-hybridized carbons (Fsp3) is 0.118. The zero-order valence-electron chi connectivity index (χ0n) is 13.9. The molecule has 0 saturated carbocycles. The number of aromatic nitrogens is 3. The maximum atomic E-state index is 10.8. The van der Waals surface area contributed by atoms with E-state index in [4.69, 9.17) is 0 Å². The van der Waals surface area contributed by atoms with Gasteiger partial charge in [0.15, 0.2) is 0 Å². The summed E-state index contributed by atoms with van der Waals surface area (Å²) in [5, 5.41) is 22.3. The molecule has 3 rings (SSSR count). The molecular formula is C17H16N6O2S. The molecule has 1 aromatic heterocycles. The van der Waals surface area contributed by atoms with Gasteiger partial charge in [-0.05, 0) is 18.1 Å². The molecule has 0 amide bonds. The van der Waals surface area contributed by atoms with Gasteiger partial charge in [-0.25, -0.2) is 10.5 Å². The Balaban J connectivity index is 1.56. The number of hydrogen-bond acceptors (Lipinski definition) is 7. The van der Waals surface area contributed by atoms with Gasteiger partial charge >= 0.3 is 0 Å². The quantitative estimate of drug-likeness (QED) is 0.284. The van der Waals surface area contributed by atoms with E-state index < -0.39 is 4.92 Å². The van der Waals surface area contributed by atoms with E-state index in [1.807, 2.05) is 12.1 Å². The molecule has 0 atom stereocenters. The normalized spacial score (nSPS) is 11.0. The highest BCUT2D eigenvalue weighted by Crippen LogP contribution is 2.21. The van der Waals surface area contributed by atoms with E-state index in [0.29, 0.717) is 16.7 Å². The van der Waals surface area contributed by atoms with Crippen molar-refractivity contribution in [2.45, 2.75) is 17.8 Å². The first kappa shape index (κ1) is 17.6. The third kappa shape index (κ3) is 4.67. The zero-order chi connectivity index (χ0) is 18.4. The van der Waals surface area contributed by atoms with E-state index in [1.165, 1.54) is 41.2 Å². The molecule has 2 aromatic carbocycles. The molecule has 0 aliphatic rings. The van der Waals surface area contributed by atoms with Crippen molar-refractivity contribution in [3.63, 3.8) is 0 Å². The Bertz CT molecular complexity index is 940. The van der Waals surface area contributed by atoms with E-state index in [9.17, 15) is 10.1 Å². The number of nitro benzene ring substituents is 1. The average Bonchev–Trinajstić information content (AvgIpc) is 3.09. The second-order valence-corrected chi connectivity index (χ2v) is 6.35. The van der Waals surface area contributed by atoms with Gasteiger partial charge in [0.2, 0.25) is 11.1 Å². The monoisotopic (exact) mass is 368 g/mol. The van der Waals surface area contributed by atoms with E-state index in [2.05, 4.69) is 44.8 Å². The van der Waals surface area contributed by atoms with Crippen molar-refractivity contribution in [2.24, 2.45) is 5.10 Å². The van der Waals surface area contributed by atoms with Crippen LogP contribution in [0.3, 0.4) is 0 Å². The Morgan fingerprint density at radius 1 is 1.31 bits per heavy atom. The molecule has 0 saturated heterocycles. The molecule has 0 unspecified atom stereocenters. The summed E-state index contributed by atoms with van der Waals surface area (Å²) >= 11 is 1.52. The molecule has 1 heterocycles. The molecule has 0 radical (unpaired) electrons. The summed E-state index contributed by atoms with van der Waals surface area (Å²) in [6, 6.07) is 14.4. The number of aromatic amines is 1. The van der Waals surface area contributed by atoms with E-state index in [0.717, 1.165) is 5.75 Å². The van der Waals surface area contributed by atoms with Crippen molar-refractivity contribution >= 4 is 29.6 Å². The molecule has 3 aromatic rings. The van der Waals surface area contributed by atoms with Gasteiger partial charge in [0.05, 0.1) is 11.1 Å². The predicted octanol–water partition coefficient (Wildman–Crippen LogP) is 3.76. The molecule has 0 fully saturated rings. The first-order valence-corrected chi connectivity index (χ1v) is 8.73. The summed E-state index contributed by atoms with van der Waals surface area (Å²) in [7, 11) is 0. The second kappa shape index (κ2) is 8.26. The number of H-pyrrole nitrogens is 1. The van der Waals surface area contributed by atoms with Crippen molar-refractivity contribution in [3.8, 4) is 0 Å². The third-order valence-electron chi connectivity index (χ3n) is 3.55. The lowest BCUT2D eigenvalue weighted by Gasteiger charge is -2.02. The van der Waals surface area contributed by atoms with Crippen molar-refractivity contribution in [3.05, 3.63) is 75.3 Å². The Morgan fingerprint density at radius 3 is 2.96 bits per heavy atom. The highest BCUT2D eigenvalue weighted by Gasteiger charge is 2.06. The first-order chi connectivity index (χ1) is 12.6. The fourth-order valence-corrected chi connectivity index (χ4v) is 3.04. The zero-order valence-corrected chi connectivity index (χ0v) is 14.7. The standard InChI is InChI=1S/C17H16N6O2S/c1-12-5-2-3-7-14(12)11-26-17-19-16(21-22-17)20-18-10-13-6-4-8-15(9-13)23(24)25/h2-10H,11H2,1H3,(H2,19,20,21,22). The van der Waals surface area contributed by atoms with Gasteiger partial charge in [-0.3, -0.25) is 10.1 Å². The smallest absolute Gasteiger partial charge is 0.258 e. The van der Waals surface area contributed by atoms with Crippen LogP contribution in [0.15, 0.2) is 58.8 Å². The molecule has 0 spiro atoms. The number of nitrogens with one attached hydrogen (secondary N) is 2. The number of benzene rings is 2. The molecule has 8 nitrogen and oxygen atoms in total. The molecule has 9 heteroatoms. The Kier molecular flexibility index (Phi) is 5.59. The highest BCUT2D eigenvalue weighted by molar-refractivity contribution is 7.98. The summed E-state index contributed by atoms with van der Waals surface area (Å²) in [6.45, 7) is 2.07. The topological polar surface area (TPSA) is 109 Å². The molecule has 0 aliphatic carbocycles. The Morgan fingerprint density at radius 2 is 2.15 bits per heavy atom. The van der Waals surface area contributed by atoms with Gasteiger partial charge in [0, 0.05) is 23.4 Å². The largest absolute Gasteiger partial charge is 0.270 e. The maximum Gasteiger partial charge on any atom is 0.270 e. The van der Waals surface area contributed by atoms with E-state index in [-0.39, 0.29) is 5.69 Å². The highest BCUT2D eigenvalue weighted by atomic mass is 32.2. The van der Waals surface area contributed by atoms with Crippen LogP contribution in [0.5, 0.6) is 0 Å². The molecule has 132 valence electrons. The number of thioether (sulfide) groups is 1. The molecular weight excluding hydrogens is 352 g/mol. The van der Waals surface area contributed by atoms with Gasteiger partial charge in [-0.15, -0.1) is 5.10 Å². The Labute approximate surface area is 153 Å². The van der Waals surface area contributed by atoms with Crippen molar-refractivity contribution < 1.29 is 4.92 Å². The van der Waals surface area contributed by atoms with Gasteiger partial charge in [-0.2, -0.15) is 10.1 Å². The van der Waals surface area contributed by atoms with Crippen LogP contribution in [0, 0.1) is 17.0 Å². The minimum atomic E-state index is -0.445. The SMILES string of the molecule is Cc1ccccc1CSc1n[nH]c(NN=Cc2cccc([N+](=O)[O-])c2)n1. The van der Waals surface area contributed by atoms with Gasteiger partial charge in [0.1, 0.15) is 0 Å². The van der Waals surface area contributed by atoms with E-state index in [1.54, 1.807) is 12.1 Å². The van der Waals surface area contributed by atoms with Gasteiger partial charge in [-0.1, -0.05) is 48.2 Å². The summed E-state index contributed by atoms with van der Waals surface area (Å²) < 4.78 is 0. The fourth-order valence-electron chi connectivity index (χ4n) is 2.16. The number of non-ortho nitro benzene ring substituents is 1.